The van der Waals surface area contributed by atoms with Crippen LogP contribution in [0.3, 0.4) is 0 Å². The third kappa shape index (κ3) is 3.69. The second-order valence-electron chi connectivity index (χ2n) is 6.54. The van der Waals surface area contributed by atoms with Crippen LogP contribution in [0.4, 0.5) is 4.79 Å². The Bertz CT molecular complexity index is 476. The van der Waals surface area contributed by atoms with E-state index in [2.05, 4.69) is 9.97 Å². The van der Waals surface area contributed by atoms with Crippen molar-refractivity contribution >= 4 is 6.09 Å². The van der Waals surface area contributed by atoms with Gasteiger partial charge in [-0.05, 0) is 33.6 Å². The molecule has 0 atom stereocenters. The molecule has 6 nitrogen and oxygen atoms in total. The van der Waals surface area contributed by atoms with Crippen molar-refractivity contribution in [3.8, 4) is 0 Å². The average Bonchev–Trinajstić information content (AvgIpc) is 2.46. The SMILES string of the molecule is CC(C)(C)OC(=O)N1CCC(CN)(c2cnccn2)CC1. The zero-order valence-corrected chi connectivity index (χ0v) is 13.0. The van der Waals surface area contributed by atoms with Crippen molar-refractivity contribution in [2.75, 3.05) is 19.6 Å². The molecule has 1 aliphatic heterocycles. The lowest BCUT2D eigenvalue weighted by molar-refractivity contribution is 0.0165. The highest BCUT2D eigenvalue weighted by Crippen LogP contribution is 2.33. The van der Waals surface area contributed by atoms with Crippen LogP contribution in [-0.4, -0.2) is 46.2 Å². The van der Waals surface area contributed by atoms with Gasteiger partial charge in [-0.15, -0.1) is 0 Å². The van der Waals surface area contributed by atoms with E-state index in [1.165, 1.54) is 0 Å². The molecule has 1 aromatic rings. The van der Waals surface area contributed by atoms with Gasteiger partial charge in [0.15, 0.2) is 0 Å². The molecule has 0 unspecified atom stereocenters. The van der Waals surface area contributed by atoms with Crippen LogP contribution in [0.25, 0.3) is 0 Å². The van der Waals surface area contributed by atoms with Gasteiger partial charge in [-0.1, -0.05) is 0 Å². The fraction of sp³-hybridized carbons (Fsp3) is 0.667. The van der Waals surface area contributed by atoms with Gasteiger partial charge in [0, 0.05) is 43.6 Å². The number of likely N-dealkylation sites (tertiary alicyclic amines) is 1. The van der Waals surface area contributed by atoms with E-state index in [4.69, 9.17) is 10.5 Å². The number of hydrogen-bond donors (Lipinski definition) is 1. The highest BCUT2D eigenvalue weighted by molar-refractivity contribution is 5.68. The fourth-order valence-corrected chi connectivity index (χ4v) is 2.58. The van der Waals surface area contributed by atoms with Crippen molar-refractivity contribution < 1.29 is 9.53 Å². The van der Waals surface area contributed by atoms with E-state index < -0.39 is 5.60 Å². The van der Waals surface area contributed by atoms with E-state index in [-0.39, 0.29) is 11.5 Å². The number of nitrogens with zero attached hydrogens (tertiary/aromatic N) is 3. The molecule has 0 saturated carbocycles. The number of amides is 1. The van der Waals surface area contributed by atoms with Gasteiger partial charge in [0.1, 0.15) is 5.60 Å². The molecular weight excluding hydrogens is 268 g/mol. The van der Waals surface area contributed by atoms with Crippen molar-refractivity contribution in [1.82, 2.24) is 14.9 Å². The van der Waals surface area contributed by atoms with Gasteiger partial charge in [-0.3, -0.25) is 9.97 Å². The quantitative estimate of drug-likeness (QED) is 0.897. The van der Waals surface area contributed by atoms with Crippen LogP contribution in [-0.2, 0) is 10.2 Å². The summed E-state index contributed by atoms with van der Waals surface area (Å²) >= 11 is 0. The van der Waals surface area contributed by atoms with Gasteiger partial charge in [0.05, 0.1) is 5.69 Å². The van der Waals surface area contributed by atoms with E-state index in [1.54, 1.807) is 23.5 Å². The maximum Gasteiger partial charge on any atom is 0.410 e. The Kier molecular flexibility index (Phi) is 4.46. The normalized spacial score (nSPS) is 18.4. The predicted octanol–water partition coefficient (Wildman–Crippen LogP) is 1.70. The molecule has 1 saturated heterocycles. The Hall–Kier alpha value is -1.69. The minimum Gasteiger partial charge on any atom is -0.444 e. The molecule has 116 valence electrons. The molecule has 0 spiro atoms. The van der Waals surface area contributed by atoms with Crippen molar-refractivity contribution in [3.05, 3.63) is 24.3 Å². The number of piperidine rings is 1. The van der Waals surface area contributed by atoms with Gasteiger partial charge in [-0.25, -0.2) is 4.79 Å². The summed E-state index contributed by atoms with van der Waals surface area (Å²) in [6.07, 6.45) is 6.42. The number of nitrogens with two attached hydrogens (primary N) is 1. The minimum atomic E-state index is -0.468. The molecule has 2 N–H and O–H groups in total. The molecule has 0 aliphatic carbocycles. The minimum absolute atomic E-state index is 0.188. The van der Waals surface area contributed by atoms with Crippen molar-refractivity contribution in [1.29, 1.82) is 0 Å². The third-order valence-corrected chi connectivity index (χ3v) is 3.87. The third-order valence-electron chi connectivity index (χ3n) is 3.87. The van der Waals surface area contributed by atoms with Crippen LogP contribution in [0.5, 0.6) is 0 Å². The van der Waals surface area contributed by atoms with Gasteiger partial charge in [-0.2, -0.15) is 0 Å². The van der Waals surface area contributed by atoms with Crippen LogP contribution >= 0.6 is 0 Å². The lowest BCUT2D eigenvalue weighted by Gasteiger charge is -2.40. The zero-order valence-electron chi connectivity index (χ0n) is 13.0. The lowest BCUT2D eigenvalue weighted by Crippen LogP contribution is -2.50. The molecule has 0 aromatic carbocycles. The molecule has 6 heteroatoms. The second-order valence-corrected chi connectivity index (χ2v) is 6.54. The molecule has 1 aliphatic rings. The molecule has 0 radical (unpaired) electrons. The molecule has 1 amide bonds. The number of aromatic nitrogens is 2. The lowest BCUT2D eigenvalue weighted by atomic mass is 9.76. The molecule has 2 heterocycles. The summed E-state index contributed by atoms with van der Waals surface area (Å²) in [7, 11) is 0. The molecule has 1 aromatic heterocycles. The first-order valence-electron chi connectivity index (χ1n) is 7.31. The topological polar surface area (TPSA) is 81.3 Å². The predicted molar refractivity (Wildman–Crippen MR) is 79.8 cm³/mol. The summed E-state index contributed by atoms with van der Waals surface area (Å²) in [5.41, 5.74) is 6.25. The highest BCUT2D eigenvalue weighted by Gasteiger charge is 2.38. The molecule has 2 rings (SSSR count). The van der Waals surface area contributed by atoms with Gasteiger partial charge in [0.2, 0.25) is 0 Å². The smallest absolute Gasteiger partial charge is 0.410 e. The Balaban J connectivity index is 2.03. The van der Waals surface area contributed by atoms with Crippen LogP contribution in [0.15, 0.2) is 18.6 Å². The largest absolute Gasteiger partial charge is 0.444 e. The first-order chi connectivity index (χ1) is 9.86. The van der Waals surface area contributed by atoms with E-state index in [9.17, 15) is 4.79 Å². The van der Waals surface area contributed by atoms with Gasteiger partial charge < -0.3 is 15.4 Å². The fourth-order valence-electron chi connectivity index (χ4n) is 2.58. The Morgan fingerprint density at radius 2 is 2.05 bits per heavy atom. The number of rotatable bonds is 2. The van der Waals surface area contributed by atoms with Crippen LogP contribution in [0, 0.1) is 0 Å². The molecular formula is C15H24N4O2. The van der Waals surface area contributed by atoms with Crippen LogP contribution in [0.2, 0.25) is 0 Å². The summed E-state index contributed by atoms with van der Waals surface area (Å²) in [5, 5.41) is 0. The number of hydrogen-bond acceptors (Lipinski definition) is 5. The molecule has 0 bridgehead atoms. The monoisotopic (exact) mass is 292 g/mol. The summed E-state index contributed by atoms with van der Waals surface area (Å²) < 4.78 is 5.41. The summed E-state index contributed by atoms with van der Waals surface area (Å²) in [4.78, 5) is 22.4. The molecule has 1 fully saturated rings. The van der Waals surface area contributed by atoms with E-state index in [1.807, 2.05) is 20.8 Å². The number of carbonyl (C=O) groups excluding carboxylic acids is 1. The van der Waals surface area contributed by atoms with E-state index in [0.717, 1.165) is 18.5 Å². The van der Waals surface area contributed by atoms with Crippen LogP contribution in [0.1, 0.15) is 39.3 Å². The molecule has 21 heavy (non-hydrogen) atoms. The Morgan fingerprint density at radius 3 is 2.52 bits per heavy atom. The number of ether oxygens (including phenoxy) is 1. The standard InChI is InChI=1S/C15H24N4O2/c1-14(2,3)21-13(20)19-8-4-15(11-16,5-9-19)12-10-17-6-7-18-12/h6-7,10H,4-5,8-9,11,16H2,1-3H3. The number of carbonyl (C=O) groups is 1. The van der Waals surface area contributed by atoms with E-state index >= 15 is 0 Å². The summed E-state index contributed by atoms with van der Waals surface area (Å²) in [6.45, 7) is 7.38. The Labute approximate surface area is 125 Å². The first-order valence-corrected chi connectivity index (χ1v) is 7.31. The van der Waals surface area contributed by atoms with Gasteiger partial charge in [0.25, 0.3) is 0 Å². The van der Waals surface area contributed by atoms with E-state index in [0.29, 0.717) is 19.6 Å². The average molecular weight is 292 g/mol. The van der Waals surface area contributed by atoms with Crippen molar-refractivity contribution in [2.24, 2.45) is 5.73 Å². The van der Waals surface area contributed by atoms with Crippen molar-refractivity contribution in [2.45, 2.75) is 44.6 Å². The first kappa shape index (κ1) is 15.7. The zero-order chi connectivity index (χ0) is 15.5. The summed E-state index contributed by atoms with van der Waals surface area (Å²) in [5.74, 6) is 0. The summed E-state index contributed by atoms with van der Waals surface area (Å²) in [6, 6.07) is 0. The van der Waals surface area contributed by atoms with Crippen molar-refractivity contribution in [3.63, 3.8) is 0 Å². The maximum absolute atomic E-state index is 12.1. The maximum atomic E-state index is 12.1. The Morgan fingerprint density at radius 1 is 1.38 bits per heavy atom. The van der Waals surface area contributed by atoms with Crippen LogP contribution < -0.4 is 5.73 Å². The van der Waals surface area contributed by atoms with Gasteiger partial charge >= 0.3 is 6.09 Å². The second kappa shape index (κ2) is 5.97. The highest BCUT2D eigenvalue weighted by atomic mass is 16.6.